The van der Waals surface area contributed by atoms with Crippen molar-refractivity contribution in [3.05, 3.63) is 124 Å². The van der Waals surface area contributed by atoms with Gasteiger partial charge in [0.1, 0.15) is 0 Å². The van der Waals surface area contributed by atoms with Crippen molar-refractivity contribution >= 4 is 97.9 Å². The quantitative estimate of drug-likeness (QED) is 0.212. The van der Waals surface area contributed by atoms with Crippen LogP contribution in [0.15, 0.2) is 103 Å². The van der Waals surface area contributed by atoms with Crippen LogP contribution in [0.5, 0.6) is 0 Å². The highest BCUT2D eigenvalue weighted by atomic mass is 35.5. The van der Waals surface area contributed by atoms with Gasteiger partial charge in [0.05, 0.1) is 0 Å². The van der Waals surface area contributed by atoms with Crippen molar-refractivity contribution < 1.29 is 9.90 Å². The van der Waals surface area contributed by atoms with E-state index in [4.69, 9.17) is 23.2 Å². The number of hydrogen-bond donors (Lipinski definition) is 2. The molecule has 0 saturated carbocycles. The van der Waals surface area contributed by atoms with Gasteiger partial charge in [-0.25, -0.2) is 4.79 Å². The van der Waals surface area contributed by atoms with Crippen molar-refractivity contribution in [2.75, 3.05) is 5.32 Å². The van der Waals surface area contributed by atoms with E-state index in [1.807, 2.05) is 48.5 Å². The van der Waals surface area contributed by atoms with Crippen molar-refractivity contribution in [1.29, 1.82) is 0 Å². The number of carbonyl (C=O) groups is 1. The van der Waals surface area contributed by atoms with Crippen molar-refractivity contribution in [3.8, 4) is 0 Å². The van der Waals surface area contributed by atoms with Crippen molar-refractivity contribution in [3.63, 3.8) is 0 Å². The summed E-state index contributed by atoms with van der Waals surface area (Å²) in [4.78, 5) is 13.8. The van der Waals surface area contributed by atoms with Gasteiger partial charge in [-0.05, 0) is 30.3 Å². The number of thiophene rings is 2. The molecular weight excluding hydrogens is 565 g/mol. The number of rotatable bonds is 5. The summed E-state index contributed by atoms with van der Waals surface area (Å²) >= 11 is 16.0. The first kappa shape index (κ1) is 24.4. The molecule has 2 aromatic heterocycles. The van der Waals surface area contributed by atoms with Crippen LogP contribution in [0.1, 0.15) is 11.1 Å². The van der Waals surface area contributed by atoms with Crippen molar-refractivity contribution in [2.24, 2.45) is 0 Å². The van der Waals surface area contributed by atoms with E-state index in [0.717, 1.165) is 40.3 Å². The lowest BCUT2D eigenvalue weighted by molar-refractivity contribution is -0.141. The first-order valence-electron chi connectivity index (χ1n) is 12.2. The summed E-state index contributed by atoms with van der Waals surface area (Å²) in [5.74, 6) is -1.02. The molecule has 3 nitrogen and oxygen atoms in total. The molecule has 0 atom stereocenters. The SMILES string of the molecule is O=C(O)C(Nc1cc(Cl)cc(Cl)c1)(c1cccc2c1sc1ccccc12)c1cccc2c1sc1ccccc12. The Labute approximate surface area is 241 Å². The Morgan fingerprint density at radius 1 is 0.641 bits per heavy atom. The molecule has 5 aromatic carbocycles. The van der Waals surface area contributed by atoms with E-state index < -0.39 is 11.5 Å². The average Bonchev–Trinajstić information content (AvgIpc) is 3.50. The molecule has 0 bridgehead atoms. The van der Waals surface area contributed by atoms with Crippen LogP contribution >= 0.6 is 45.9 Å². The van der Waals surface area contributed by atoms with E-state index >= 15 is 0 Å². The summed E-state index contributed by atoms with van der Waals surface area (Å²) in [5.41, 5.74) is 0.199. The molecule has 0 radical (unpaired) electrons. The minimum absolute atomic E-state index is 0.421. The molecule has 0 unspecified atom stereocenters. The van der Waals surface area contributed by atoms with Gasteiger partial charge in [-0.1, -0.05) is 96.0 Å². The molecule has 190 valence electrons. The van der Waals surface area contributed by atoms with E-state index in [0.29, 0.717) is 26.9 Å². The third-order valence-corrected chi connectivity index (χ3v) is 10.0. The van der Waals surface area contributed by atoms with E-state index in [1.54, 1.807) is 40.9 Å². The lowest BCUT2D eigenvalue weighted by Crippen LogP contribution is -2.44. The lowest BCUT2D eigenvalue weighted by atomic mass is 9.81. The topological polar surface area (TPSA) is 49.3 Å². The number of halogens is 2. The molecule has 0 aliphatic rings. The fraction of sp³-hybridized carbons (Fsp3) is 0.0312. The number of fused-ring (bicyclic) bond motifs is 6. The van der Waals surface area contributed by atoms with Crippen LogP contribution in [0, 0.1) is 0 Å². The smallest absolute Gasteiger partial charge is 0.338 e. The number of anilines is 1. The van der Waals surface area contributed by atoms with Gasteiger partial charge in [0, 0.05) is 67.2 Å². The van der Waals surface area contributed by atoms with E-state index in [-0.39, 0.29) is 0 Å². The van der Waals surface area contributed by atoms with E-state index in [2.05, 4.69) is 41.7 Å². The second-order valence-electron chi connectivity index (χ2n) is 9.40. The molecular formula is C32H19Cl2NO2S2. The Hall–Kier alpha value is -3.61. The summed E-state index contributed by atoms with van der Waals surface area (Å²) in [6, 6.07) is 33.2. The summed E-state index contributed by atoms with van der Waals surface area (Å²) < 4.78 is 4.04. The van der Waals surface area contributed by atoms with E-state index in [9.17, 15) is 9.90 Å². The van der Waals surface area contributed by atoms with Gasteiger partial charge in [-0.2, -0.15) is 0 Å². The van der Waals surface area contributed by atoms with Crippen LogP contribution in [-0.2, 0) is 10.3 Å². The van der Waals surface area contributed by atoms with E-state index in [1.165, 1.54) is 0 Å². The molecule has 0 fully saturated rings. The van der Waals surface area contributed by atoms with Crippen LogP contribution in [0.4, 0.5) is 5.69 Å². The lowest BCUT2D eigenvalue weighted by Gasteiger charge is -2.33. The van der Waals surface area contributed by atoms with Crippen molar-refractivity contribution in [1.82, 2.24) is 0 Å². The Bertz CT molecular complexity index is 1940. The number of aliphatic carboxylic acids is 1. The molecule has 0 spiro atoms. The molecule has 7 rings (SSSR count). The van der Waals surface area contributed by atoms with Gasteiger partial charge in [0.2, 0.25) is 0 Å². The first-order chi connectivity index (χ1) is 19.0. The number of hydrogen-bond acceptors (Lipinski definition) is 4. The Morgan fingerprint density at radius 3 is 1.59 bits per heavy atom. The van der Waals surface area contributed by atoms with Gasteiger partial charge in [0.25, 0.3) is 0 Å². The molecule has 0 aliphatic carbocycles. The molecule has 2 heterocycles. The fourth-order valence-electron chi connectivity index (χ4n) is 5.49. The third-order valence-electron chi connectivity index (χ3n) is 7.13. The minimum atomic E-state index is -1.64. The van der Waals surface area contributed by atoms with Gasteiger partial charge in [0.15, 0.2) is 5.54 Å². The highest BCUT2D eigenvalue weighted by Crippen LogP contribution is 2.48. The molecule has 7 aromatic rings. The van der Waals surface area contributed by atoms with Crippen LogP contribution < -0.4 is 5.32 Å². The highest BCUT2D eigenvalue weighted by molar-refractivity contribution is 7.26. The van der Waals surface area contributed by atoms with Crippen LogP contribution in [0.2, 0.25) is 10.0 Å². The predicted octanol–water partition coefficient (Wildman–Crippen LogP) is 10.2. The summed E-state index contributed by atoms with van der Waals surface area (Å²) in [6.07, 6.45) is 0. The van der Waals surface area contributed by atoms with Crippen LogP contribution in [-0.4, -0.2) is 11.1 Å². The zero-order chi connectivity index (χ0) is 26.7. The Morgan fingerprint density at radius 2 is 1.10 bits per heavy atom. The number of carboxylic acid groups (broad SMARTS) is 1. The zero-order valence-corrected chi connectivity index (χ0v) is 23.4. The molecule has 0 saturated heterocycles. The molecule has 39 heavy (non-hydrogen) atoms. The second kappa shape index (κ2) is 9.25. The summed E-state index contributed by atoms with van der Waals surface area (Å²) in [5, 5.41) is 19.8. The largest absolute Gasteiger partial charge is 0.479 e. The maximum atomic E-state index is 13.8. The second-order valence-corrected chi connectivity index (χ2v) is 12.4. The van der Waals surface area contributed by atoms with Crippen molar-refractivity contribution in [2.45, 2.75) is 5.54 Å². The zero-order valence-electron chi connectivity index (χ0n) is 20.2. The Kier molecular flexibility index (Phi) is 5.79. The average molecular weight is 585 g/mol. The van der Waals surface area contributed by atoms with Gasteiger partial charge < -0.3 is 10.4 Å². The third kappa shape index (κ3) is 3.80. The predicted molar refractivity (Wildman–Crippen MR) is 167 cm³/mol. The highest BCUT2D eigenvalue weighted by Gasteiger charge is 2.46. The molecule has 2 N–H and O–H groups in total. The molecule has 0 amide bonds. The first-order valence-corrected chi connectivity index (χ1v) is 14.6. The summed E-state index contributed by atoms with van der Waals surface area (Å²) in [6.45, 7) is 0. The molecule has 0 aliphatic heterocycles. The number of nitrogens with one attached hydrogen (secondary N) is 1. The fourth-order valence-corrected chi connectivity index (χ4v) is 8.56. The standard InChI is InChI=1S/C32H19Cl2NO2S2/c33-18-15-19(34)17-20(16-18)35-32(31(36)37,25-11-5-9-23-21-7-1-3-13-27(21)38-29(23)25)26-12-6-10-24-22-8-2-4-14-28(22)39-30(24)26/h1-17,35H,(H,36,37). The number of benzene rings is 5. The van der Waals surface area contributed by atoms with Gasteiger partial charge >= 0.3 is 5.97 Å². The molecule has 7 heteroatoms. The summed E-state index contributed by atoms with van der Waals surface area (Å²) in [7, 11) is 0. The van der Waals surface area contributed by atoms with Crippen LogP contribution in [0.25, 0.3) is 40.3 Å². The van der Waals surface area contributed by atoms with Gasteiger partial charge in [-0.15, -0.1) is 22.7 Å². The maximum Gasteiger partial charge on any atom is 0.338 e. The minimum Gasteiger partial charge on any atom is -0.479 e. The maximum absolute atomic E-state index is 13.8. The van der Waals surface area contributed by atoms with Gasteiger partial charge in [-0.3, -0.25) is 0 Å². The normalized spacial score (nSPS) is 12.1. The monoisotopic (exact) mass is 583 g/mol. The Balaban J connectivity index is 1.62. The van der Waals surface area contributed by atoms with Crippen LogP contribution in [0.3, 0.4) is 0 Å². The number of carboxylic acids is 1.